The molecule has 0 bridgehead atoms. The van der Waals surface area contributed by atoms with Gasteiger partial charge in [-0.15, -0.1) is 0 Å². The molecule has 24 heavy (non-hydrogen) atoms. The van der Waals surface area contributed by atoms with Gasteiger partial charge < -0.3 is 18.6 Å². The highest BCUT2D eigenvalue weighted by Gasteiger charge is 2.48. The van der Waals surface area contributed by atoms with E-state index >= 15 is 0 Å². The number of hydrogen-bond donors (Lipinski definition) is 1. The van der Waals surface area contributed by atoms with Gasteiger partial charge in [0, 0.05) is 30.9 Å². The van der Waals surface area contributed by atoms with E-state index in [0.717, 1.165) is 12.1 Å². The summed E-state index contributed by atoms with van der Waals surface area (Å²) in [6.07, 6.45) is 0.870. The van der Waals surface area contributed by atoms with E-state index in [0.29, 0.717) is 19.8 Å². The Morgan fingerprint density at radius 1 is 0.833 bits per heavy atom. The summed E-state index contributed by atoms with van der Waals surface area (Å²) in [5.74, 6) is 0. The molecule has 0 heterocycles. The van der Waals surface area contributed by atoms with Crippen LogP contribution in [0.3, 0.4) is 0 Å². The minimum absolute atomic E-state index is 0.0168. The standard InChI is InChI=1S/C19H29NO3Si/c1-5-19(24(21-6-2,22-7-3)23-8-4)20-18-15-11-13-16-12-9-10-14-17(16)18/h9-15,19-20H,5-8H2,1-4H3. The SMILES string of the molecule is CCO[Si](OCC)(OCC)C(CC)Nc1cccc2ccccc12. The monoisotopic (exact) mass is 347 g/mol. The van der Waals surface area contributed by atoms with Gasteiger partial charge in [-0.2, -0.15) is 0 Å². The first kappa shape index (κ1) is 18.9. The third-order valence-electron chi connectivity index (χ3n) is 3.99. The predicted molar refractivity (Wildman–Crippen MR) is 102 cm³/mol. The zero-order chi connectivity index (χ0) is 17.4. The average Bonchev–Trinajstić information content (AvgIpc) is 2.60. The summed E-state index contributed by atoms with van der Waals surface area (Å²) in [6.45, 7) is 9.86. The Kier molecular flexibility index (Phi) is 7.24. The molecule has 0 aromatic heterocycles. The van der Waals surface area contributed by atoms with Crippen molar-refractivity contribution in [3.05, 3.63) is 42.5 Å². The number of fused-ring (bicyclic) bond motifs is 1. The molecule has 2 rings (SSSR count). The summed E-state index contributed by atoms with van der Waals surface area (Å²) in [5, 5.41) is 6.07. The third kappa shape index (κ3) is 4.16. The molecule has 4 nitrogen and oxygen atoms in total. The Morgan fingerprint density at radius 3 is 2.00 bits per heavy atom. The zero-order valence-electron chi connectivity index (χ0n) is 15.2. The molecule has 5 heteroatoms. The quantitative estimate of drug-likeness (QED) is 0.637. The van der Waals surface area contributed by atoms with Crippen LogP contribution in [0.1, 0.15) is 34.1 Å². The predicted octanol–water partition coefficient (Wildman–Crippen LogP) is 4.62. The van der Waals surface area contributed by atoms with E-state index in [4.69, 9.17) is 13.3 Å². The summed E-state index contributed by atoms with van der Waals surface area (Å²) in [6, 6.07) is 14.7. The number of anilines is 1. The molecule has 2 aromatic rings. The van der Waals surface area contributed by atoms with E-state index in [1.807, 2.05) is 20.8 Å². The zero-order valence-corrected chi connectivity index (χ0v) is 16.2. The second kappa shape index (κ2) is 9.18. The van der Waals surface area contributed by atoms with Crippen LogP contribution < -0.4 is 5.32 Å². The molecule has 0 saturated carbocycles. The van der Waals surface area contributed by atoms with Crippen molar-refractivity contribution in [2.24, 2.45) is 0 Å². The molecule has 0 saturated heterocycles. The lowest BCUT2D eigenvalue weighted by Gasteiger charge is -2.35. The van der Waals surface area contributed by atoms with E-state index in [-0.39, 0.29) is 5.67 Å². The Hall–Kier alpha value is -1.40. The van der Waals surface area contributed by atoms with Gasteiger partial charge in [0.25, 0.3) is 0 Å². The molecule has 0 aliphatic heterocycles. The summed E-state index contributed by atoms with van der Waals surface area (Å²) < 4.78 is 18.2. The molecule has 0 fully saturated rings. The van der Waals surface area contributed by atoms with Gasteiger partial charge in [0.15, 0.2) is 0 Å². The third-order valence-corrected chi connectivity index (χ3v) is 7.47. The Balaban J connectivity index is 2.37. The van der Waals surface area contributed by atoms with E-state index in [2.05, 4.69) is 54.7 Å². The first-order chi connectivity index (χ1) is 11.7. The second-order valence-electron chi connectivity index (χ2n) is 5.53. The second-order valence-corrected chi connectivity index (χ2v) is 8.30. The van der Waals surface area contributed by atoms with E-state index < -0.39 is 8.80 Å². The molecule has 0 amide bonds. The smallest absolute Gasteiger partial charge is 0.377 e. The molecule has 0 aliphatic rings. The van der Waals surface area contributed by atoms with Crippen LogP contribution in [0.2, 0.25) is 0 Å². The van der Waals surface area contributed by atoms with E-state index in [1.54, 1.807) is 0 Å². The van der Waals surface area contributed by atoms with Gasteiger partial charge >= 0.3 is 8.80 Å². The first-order valence-electron chi connectivity index (χ1n) is 8.86. The van der Waals surface area contributed by atoms with E-state index in [9.17, 15) is 0 Å². The largest absolute Gasteiger partial charge is 0.524 e. The molecule has 0 spiro atoms. The highest BCUT2D eigenvalue weighted by atomic mass is 28.4. The molecular weight excluding hydrogens is 318 g/mol. The number of hydrogen-bond acceptors (Lipinski definition) is 4. The van der Waals surface area contributed by atoms with Crippen LogP contribution in [0.25, 0.3) is 10.8 Å². The highest BCUT2D eigenvalue weighted by molar-refractivity contribution is 6.63. The number of benzene rings is 2. The van der Waals surface area contributed by atoms with Gasteiger partial charge in [0.2, 0.25) is 0 Å². The van der Waals surface area contributed by atoms with Crippen LogP contribution in [0, 0.1) is 0 Å². The number of nitrogens with one attached hydrogen (secondary N) is 1. The maximum absolute atomic E-state index is 6.08. The van der Waals surface area contributed by atoms with Gasteiger partial charge in [-0.1, -0.05) is 43.3 Å². The molecular formula is C19H29NO3Si. The van der Waals surface area contributed by atoms with Gasteiger partial charge in [-0.3, -0.25) is 0 Å². The lowest BCUT2D eigenvalue weighted by molar-refractivity contribution is 0.0639. The topological polar surface area (TPSA) is 39.7 Å². The van der Waals surface area contributed by atoms with Crippen molar-refractivity contribution in [2.75, 3.05) is 25.1 Å². The minimum Gasteiger partial charge on any atom is -0.377 e. The van der Waals surface area contributed by atoms with Gasteiger partial charge in [0.05, 0.1) is 5.67 Å². The van der Waals surface area contributed by atoms with E-state index in [1.165, 1.54) is 10.8 Å². The van der Waals surface area contributed by atoms with Crippen LogP contribution in [0.5, 0.6) is 0 Å². The lowest BCUT2D eigenvalue weighted by Crippen LogP contribution is -2.59. The molecule has 0 aliphatic carbocycles. The first-order valence-corrected chi connectivity index (χ1v) is 10.7. The minimum atomic E-state index is -2.81. The van der Waals surface area contributed by atoms with Gasteiger partial charge in [0.1, 0.15) is 0 Å². The van der Waals surface area contributed by atoms with Crippen LogP contribution in [-0.2, 0) is 13.3 Å². The fraction of sp³-hybridized carbons (Fsp3) is 0.474. The Bertz CT molecular complexity index is 613. The Labute approximate surface area is 146 Å². The maximum Gasteiger partial charge on any atom is 0.524 e. The molecule has 1 atom stereocenters. The Morgan fingerprint density at radius 2 is 1.42 bits per heavy atom. The van der Waals surface area contributed by atoms with Crippen molar-refractivity contribution < 1.29 is 13.3 Å². The molecule has 0 radical (unpaired) electrons. The summed E-state index contributed by atoms with van der Waals surface area (Å²) in [7, 11) is -2.81. The molecule has 1 unspecified atom stereocenters. The molecule has 132 valence electrons. The number of rotatable bonds is 10. The van der Waals surface area contributed by atoms with Crippen LogP contribution in [0.4, 0.5) is 5.69 Å². The fourth-order valence-corrected chi connectivity index (χ4v) is 5.90. The van der Waals surface area contributed by atoms with Crippen LogP contribution >= 0.6 is 0 Å². The van der Waals surface area contributed by atoms with Crippen molar-refractivity contribution in [1.82, 2.24) is 0 Å². The van der Waals surface area contributed by atoms with Gasteiger partial charge in [-0.05, 0) is 38.6 Å². The van der Waals surface area contributed by atoms with Gasteiger partial charge in [-0.25, -0.2) is 0 Å². The van der Waals surface area contributed by atoms with Crippen molar-refractivity contribution >= 4 is 25.3 Å². The summed E-state index contributed by atoms with van der Waals surface area (Å²) in [4.78, 5) is 0. The molecule has 2 aromatic carbocycles. The van der Waals surface area contributed by atoms with Crippen molar-refractivity contribution in [3.63, 3.8) is 0 Å². The van der Waals surface area contributed by atoms with Crippen molar-refractivity contribution in [1.29, 1.82) is 0 Å². The maximum atomic E-state index is 6.08. The molecule has 1 N–H and O–H groups in total. The van der Waals surface area contributed by atoms with Crippen LogP contribution in [0.15, 0.2) is 42.5 Å². The van der Waals surface area contributed by atoms with Crippen molar-refractivity contribution in [2.45, 2.75) is 39.8 Å². The normalized spacial score (nSPS) is 13.2. The fourth-order valence-electron chi connectivity index (χ4n) is 3.01. The summed E-state index contributed by atoms with van der Waals surface area (Å²) >= 11 is 0. The average molecular weight is 348 g/mol. The highest BCUT2D eigenvalue weighted by Crippen LogP contribution is 2.27. The van der Waals surface area contributed by atoms with Crippen LogP contribution in [-0.4, -0.2) is 34.3 Å². The summed E-state index contributed by atoms with van der Waals surface area (Å²) in [5.41, 5.74) is 1.11. The lowest BCUT2D eigenvalue weighted by atomic mass is 10.1. The van der Waals surface area contributed by atoms with Crippen molar-refractivity contribution in [3.8, 4) is 0 Å².